The van der Waals surface area contributed by atoms with Crippen LogP contribution < -0.4 is 11.1 Å². The van der Waals surface area contributed by atoms with Crippen LogP contribution in [-0.2, 0) is 16.0 Å². The number of nitriles is 1. The molecule has 0 radical (unpaired) electrons. The Morgan fingerprint density at radius 3 is 2.60 bits per heavy atom. The van der Waals surface area contributed by atoms with Crippen molar-refractivity contribution in [1.82, 2.24) is 0 Å². The molecular weight excluding hydrogens is 278 g/mol. The van der Waals surface area contributed by atoms with Crippen molar-refractivity contribution in [2.24, 2.45) is 5.73 Å². The minimum Gasteiger partial charge on any atom is -0.480 e. The average Bonchev–Trinajstić information content (AvgIpc) is 2.41. The fourth-order valence-corrected chi connectivity index (χ4v) is 2.12. The van der Waals surface area contributed by atoms with Crippen LogP contribution in [0.25, 0.3) is 0 Å². The molecule has 0 bridgehead atoms. The fourth-order valence-electron chi connectivity index (χ4n) is 1.34. The van der Waals surface area contributed by atoms with Gasteiger partial charge in [0.15, 0.2) is 0 Å². The van der Waals surface area contributed by atoms with Gasteiger partial charge in [-0.1, -0.05) is 12.1 Å². The number of benzene rings is 1. The lowest BCUT2D eigenvalue weighted by Gasteiger charge is -2.07. The molecule has 0 aromatic heterocycles. The van der Waals surface area contributed by atoms with Crippen molar-refractivity contribution in [1.29, 1.82) is 5.26 Å². The highest BCUT2D eigenvalue weighted by atomic mass is 32.2. The minimum absolute atomic E-state index is 0.140. The quantitative estimate of drug-likeness (QED) is 0.686. The molecule has 106 valence electrons. The van der Waals surface area contributed by atoms with Crippen LogP contribution in [0, 0.1) is 11.3 Å². The van der Waals surface area contributed by atoms with Gasteiger partial charge in [-0.25, -0.2) is 0 Å². The zero-order valence-electron chi connectivity index (χ0n) is 10.7. The highest BCUT2D eigenvalue weighted by molar-refractivity contribution is 8.00. The Balaban J connectivity index is 2.35. The predicted octanol–water partition coefficient (Wildman–Crippen LogP) is 0.836. The summed E-state index contributed by atoms with van der Waals surface area (Å²) in [5.74, 6) is -0.975. The maximum absolute atomic E-state index is 11.6. The monoisotopic (exact) mass is 293 g/mol. The van der Waals surface area contributed by atoms with Crippen molar-refractivity contribution in [3.8, 4) is 6.07 Å². The van der Waals surface area contributed by atoms with Crippen LogP contribution in [0.3, 0.4) is 0 Å². The van der Waals surface area contributed by atoms with Crippen LogP contribution in [0.5, 0.6) is 0 Å². The van der Waals surface area contributed by atoms with Crippen LogP contribution in [0.4, 0.5) is 5.69 Å². The largest absolute Gasteiger partial charge is 0.480 e. The van der Waals surface area contributed by atoms with Crippen molar-refractivity contribution in [2.45, 2.75) is 12.5 Å². The molecule has 0 spiro atoms. The summed E-state index contributed by atoms with van der Waals surface area (Å²) in [5, 5.41) is 19.8. The second-order valence-electron chi connectivity index (χ2n) is 4.04. The molecule has 0 aliphatic carbocycles. The average molecular weight is 293 g/mol. The first-order valence-corrected chi connectivity index (χ1v) is 7.00. The SMILES string of the molecule is N#CCc1ccc(NC(=O)CSC[C@H](N)C(=O)O)cc1. The molecule has 1 amide bonds. The lowest BCUT2D eigenvalue weighted by atomic mass is 10.1. The normalized spacial score (nSPS) is 11.4. The zero-order chi connectivity index (χ0) is 15.0. The maximum Gasteiger partial charge on any atom is 0.321 e. The number of nitrogens with one attached hydrogen (secondary N) is 1. The van der Waals surface area contributed by atoms with E-state index < -0.39 is 12.0 Å². The number of amides is 1. The van der Waals surface area contributed by atoms with E-state index >= 15 is 0 Å². The summed E-state index contributed by atoms with van der Waals surface area (Å²) in [5.41, 5.74) is 6.84. The van der Waals surface area contributed by atoms with E-state index in [4.69, 9.17) is 16.1 Å². The molecule has 0 fully saturated rings. The molecule has 20 heavy (non-hydrogen) atoms. The van der Waals surface area contributed by atoms with Crippen LogP contribution in [0.1, 0.15) is 5.56 Å². The van der Waals surface area contributed by atoms with E-state index in [1.54, 1.807) is 24.3 Å². The number of hydrogen-bond acceptors (Lipinski definition) is 5. The van der Waals surface area contributed by atoms with E-state index in [1.807, 2.05) is 6.07 Å². The molecular formula is C13H15N3O3S. The number of aliphatic carboxylic acids is 1. The number of nitrogens with two attached hydrogens (primary N) is 1. The van der Waals surface area contributed by atoms with Gasteiger partial charge in [0.2, 0.25) is 5.91 Å². The summed E-state index contributed by atoms with van der Waals surface area (Å²) in [4.78, 5) is 22.1. The smallest absolute Gasteiger partial charge is 0.321 e. The van der Waals surface area contributed by atoms with Gasteiger partial charge in [0.25, 0.3) is 0 Å². The van der Waals surface area contributed by atoms with Crippen LogP contribution >= 0.6 is 11.8 Å². The second kappa shape index (κ2) is 8.19. The molecule has 1 rings (SSSR count). The second-order valence-corrected chi connectivity index (χ2v) is 5.07. The summed E-state index contributed by atoms with van der Waals surface area (Å²) >= 11 is 1.17. The maximum atomic E-state index is 11.6. The minimum atomic E-state index is -1.08. The van der Waals surface area contributed by atoms with Crippen molar-refractivity contribution in [2.75, 3.05) is 16.8 Å². The topological polar surface area (TPSA) is 116 Å². The lowest BCUT2D eigenvalue weighted by Crippen LogP contribution is -2.33. The molecule has 1 aromatic carbocycles. The summed E-state index contributed by atoms with van der Waals surface area (Å²) in [6.45, 7) is 0. The Hall–Kier alpha value is -2.04. The number of carbonyl (C=O) groups is 2. The van der Waals surface area contributed by atoms with Crippen molar-refractivity contribution < 1.29 is 14.7 Å². The Bertz CT molecular complexity index is 511. The van der Waals surface area contributed by atoms with Crippen molar-refractivity contribution >= 4 is 29.3 Å². The Kier molecular flexibility index (Phi) is 6.56. The summed E-state index contributed by atoms with van der Waals surface area (Å²) in [7, 11) is 0. The molecule has 1 atom stereocenters. The first-order chi connectivity index (χ1) is 9.52. The molecule has 0 aliphatic heterocycles. The van der Waals surface area contributed by atoms with Crippen LogP contribution in [-0.4, -0.2) is 34.5 Å². The molecule has 0 saturated carbocycles. The Labute approximate surface area is 121 Å². The summed E-state index contributed by atoms with van der Waals surface area (Å²) < 4.78 is 0. The van der Waals surface area contributed by atoms with Gasteiger partial charge < -0.3 is 16.2 Å². The third-order valence-electron chi connectivity index (χ3n) is 2.37. The highest BCUT2D eigenvalue weighted by Crippen LogP contribution is 2.11. The third kappa shape index (κ3) is 5.73. The molecule has 0 unspecified atom stereocenters. The van der Waals surface area contributed by atoms with Gasteiger partial charge in [-0.2, -0.15) is 5.26 Å². The standard InChI is InChI=1S/C13H15N3O3S/c14-6-5-9-1-3-10(4-2-9)16-12(17)8-20-7-11(15)13(18)19/h1-4,11H,5,7-8,15H2,(H,16,17)(H,18,19)/t11-/m0/s1. The molecule has 1 aromatic rings. The van der Waals surface area contributed by atoms with Crippen LogP contribution in [0.2, 0.25) is 0 Å². The summed E-state index contributed by atoms with van der Waals surface area (Å²) in [6.07, 6.45) is 0.331. The lowest BCUT2D eigenvalue weighted by molar-refractivity contribution is -0.137. The molecule has 6 nitrogen and oxygen atoms in total. The van der Waals surface area contributed by atoms with Gasteiger partial charge in [-0.05, 0) is 17.7 Å². The van der Waals surface area contributed by atoms with E-state index in [-0.39, 0.29) is 17.4 Å². The molecule has 4 N–H and O–H groups in total. The number of anilines is 1. The number of rotatable bonds is 7. The van der Waals surface area contributed by atoms with E-state index in [0.29, 0.717) is 12.1 Å². The number of nitrogens with zero attached hydrogens (tertiary/aromatic N) is 1. The number of carbonyl (C=O) groups excluding carboxylic acids is 1. The van der Waals surface area contributed by atoms with Gasteiger partial charge in [-0.15, -0.1) is 11.8 Å². The van der Waals surface area contributed by atoms with E-state index in [9.17, 15) is 9.59 Å². The first-order valence-electron chi connectivity index (χ1n) is 5.85. The van der Waals surface area contributed by atoms with Crippen molar-refractivity contribution in [3.63, 3.8) is 0 Å². The molecule has 0 heterocycles. The summed E-state index contributed by atoms with van der Waals surface area (Å²) in [6, 6.07) is 8.06. The number of carboxylic acid groups (broad SMARTS) is 1. The first kappa shape index (κ1) is 16.0. The van der Waals surface area contributed by atoms with E-state index in [2.05, 4.69) is 5.32 Å². The molecule has 0 aliphatic rings. The van der Waals surface area contributed by atoms with Gasteiger partial charge >= 0.3 is 5.97 Å². The highest BCUT2D eigenvalue weighted by Gasteiger charge is 2.12. The number of carboxylic acids is 1. The Morgan fingerprint density at radius 1 is 1.40 bits per heavy atom. The fraction of sp³-hybridized carbons (Fsp3) is 0.308. The third-order valence-corrected chi connectivity index (χ3v) is 3.43. The van der Waals surface area contributed by atoms with E-state index in [1.165, 1.54) is 11.8 Å². The van der Waals surface area contributed by atoms with Gasteiger partial charge in [0.05, 0.1) is 18.2 Å². The van der Waals surface area contributed by atoms with Gasteiger partial charge in [0.1, 0.15) is 6.04 Å². The predicted molar refractivity (Wildman–Crippen MR) is 77.3 cm³/mol. The number of hydrogen-bond donors (Lipinski definition) is 3. The molecule has 0 saturated heterocycles. The zero-order valence-corrected chi connectivity index (χ0v) is 11.5. The Morgan fingerprint density at radius 2 is 2.05 bits per heavy atom. The van der Waals surface area contributed by atoms with E-state index in [0.717, 1.165) is 5.56 Å². The number of thioether (sulfide) groups is 1. The van der Waals surface area contributed by atoms with Crippen molar-refractivity contribution in [3.05, 3.63) is 29.8 Å². The molecule has 7 heteroatoms. The van der Waals surface area contributed by atoms with Crippen LogP contribution in [0.15, 0.2) is 24.3 Å². The van der Waals surface area contributed by atoms with Gasteiger partial charge in [0, 0.05) is 11.4 Å². The van der Waals surface area contributed by atoms with Gasteiger partial charge in [-0.3, -0.25) is 9.59 Å².